The quantitative estimate of drug-likeness (QED) is 0.796. The number of halogens is 1. The maximum atomic E-state index is 12.0. The fourth-order valence-corrected chi connectivity index (χ4v) is 4.02. The summed E-state index contributed by atoms with van der Waals surface area (Å²) in [7, 11) is -2.02. The third kappa shape index (κ3) is 2.80. The van der Waals surface area contributed by atoms with E-state index in [1.165, 1.54) is 24.7 Å². The first kappa shape index (κ1) is 16.3. The average Bonchev–Trinajstić information content (AvgIpc) is 2.78. The zero-order valence-electron chi connectivity index (χ0n) is 12.1. The lowest BCUT2D eigenvalue weighted by Gasteiger charge is -2.24. The van der Waals surface area contributed by atoms with Crippen LogP contribution in [0.25, 0.3) is 10.1 Å². The number of carbonyl (C=O) groups excluding carboxylic acids is 1. The molecule has 0 atom stereocenters. The van der Waals surface area contributed by atoms with E-state index in [0.717, 1.165) is 10.1 Å². The van der Waals surface area contributed by atoms with E-state index in [-0.39, 0.29) is 0 Å². The van der Waals surface area contributed by atoms with Crippen molar-refractivity contribution >= 4 is 48.8 Å². The Morgan fingerprint density at radius 3 is 2.43 bits per heavy atom. The van der Waals surface area contributed by atoms with Crippen LogP contribution in [0.15, 0.2) is 18.2 Å². The van der Waals surface area contributed by atoms with E-state index in [2.05, 4.69) is 0 Å². The Balaban J connectivity index is 2.68. The first-order valence-corrected chi connectivity index (χ1v) is 9.18. The van der Waals surface area contributed by atoms with E-state index >= 15 is 0 Å². The standard InChI is InChI=1S/C14H15ClO4S2/c1-14(2,21(4,17)18)9-5-8-6-12(13(16)19-3)20-11(8)7-10(9)15/h5-7H,1-4H3. The van der Waals surface area contributed by atoms with Gasteiger partial charge in [0, 0.05) is 16.0 Å². The number of carbonyl (C=O) groups is 1. The van der Waals surface area contributed by atoms with E-state index in [9.17, 15) is 13.2 Å². The van der Waals surface area contributed by atoms with Crippen LogP contribution in [-0.4, -0.2) is 27.8 Å². The van der Waals surface area contributed by atoms with Crippen LogP contribution in [0.3, 0.4) is 0 Å². The van der Waals surface area contributed by atoms with Gasteiger partial charge in [0.1, 0.15) is 4.88 Å². The molecule has 0 saturated heterocycles. The number of fused-ring (bicyclic) bond motifs is 1. The van der Waals surface area contributed by atoms with Crippen LogP contribution in [0.4, 0.5) is 0 Å². The second-order valence-corrected chi connectivity index (χ2v) is 9.31. The molecular formula is C14H15ClO4S2. The summed E-state index contributed by atoms with van der Waals surface area (Å²) < 4.78 is 28.3. The molecule has 7 heteroatoms. The monoisotopic (exact) mass is 346 g/mol. The summed E-state index contributed by atoms with van der Waals surface area (Å²) in [5, 5.41) is 1.15. The molecule has 0 amide bonds. The highest BCUT2D eigenvalue weighted by Crippen LogP contribution is 2.39. The molecule has 114 valence electrons. The summed E-state index contributed by atoms with van der Waals surface area (Å²) in [4.78, 5) is 12.0. The molecule has 0 spiro atoms. The molecule has 0 aliphatic carbocycles. The molecule has 2 rings (SSSR count). The van der Waals surface area contributed by atoms with E-state index in [1.54, 1.807) is 32.0 Å². The second kappa shape index (κ2) is 5.26. The highest BCUT2D eigenvalue weighted by Gasteiger charge is 2.34. The fourth-order valence-electron chi connectivity index (χ4n) is 1.92. The SMILES string of the molecule is COC(=O)c1cc2cc(C(C)(C)S(C)(=O)=O)c(Cl)cc2s1. The lowest BCUT2D eigenvalue weighted by molar-refractivity contribution is 0.0606. The number of rotatable bonds is 3. The summed E-state index contributed by atoms with van der Waals surface area (Å²) in [5.41, 5.74) is 0.522. The normalized spacial score (nSPS) is 12.6. The van der Waals surface area contributed by atoms with Crippen molar-refractivity contribution < 1.29 is 17.9 Å². The molecule has 0 radical (unpaired) electrons. The van der Waals surface area contributed by atoms with Crippen molar-refractivity contribution in [1.29, 1.82) is 0 Å². The molecule has 0 fully saturated rings. The molecule has 1 aromatic heterocycles. The van der Waals surface area contributed by atoms with Crippen molar-refractivity contribution in [3.05, 3.63) is 33.7 Å². The van der Waals surface area contributed by atoms with Crippen LogP contribution in [0, 0.1) is 0 Å². The summed E-state index contributed by atoms with van der Waals surface area (Å²) in [6, 6.07) is 5.10. The number of methoxy groups -OCH3 is 1. The predicted octanol–water partition coefficient (Wildman–Crippen LogP) is 3.62. The molecule has 0 unspecified atom stereocenters. The molecule has 2 aromatic rings. The lowest BCUT2D eigenvalue weighted by Crippen LogP contribution is -2.28. The van der Waals surface area contributed by atoms with Crippen molar-refractivity contribution in [2.24, 2.45) is 0 Å². The van der Waals surface area contributed by atoms with Gasteiger partial charge in [-0.15, -0.1) is 11.3 Å². The van der Waals surface area contributed by atoms with Gasteiger partial charge in [-0.25, -0.2) is 13.2 Å². The number of ether oxygens (including phenoxy) is 1. The third-order valence-electron chi connectivity index (χ3n) is 3.57. The molecule has 21 heavy (non-hydrogen) atoms. The van der Waals surface area contributed by atoms with Gasteiger partial charge in [0.05, 0.1) is 11.9 Å². The molecule has 1 heterocycles. The predicted molar refractivity (Wildman–Crippen MR) is 86.0 cm³/mol. The Labute approximate surface area is 132 Å². The number of hydrogen-bond acceptors (Lipinski definition) is 5. The highest BCUT2D eigenvalue weighted by molar-refractivity contribution is 7.91. The first-order chi connectivity index (χ1) is 9.57. The molecule has 4 nitrogen and oxygen atoms in total. The summed E-state index contributed by atoms with van der Waals surface area (Å²) >= 11 is 7.51. The lowest BCUT2D eigenvalue weighted by atomic mass is 10.0. The van der Waals surface area contributed by atoms with Gasteiger partial charge >= 0.3 is 5.97 Å². The van der Waals surface area contributed by atoms with E-state index in [0.29, 0.717) is 15.5 Å². The third-order valence-corrected chi connectivity index (χ3v) is 7.03. The van der Waals surface area contributed by atoms with Crippen molar-refractivity contribution in [2.45, 2.75) is 18.6 Å². The first-order valence-electron chi connectivity index (χ1n) is 6.09. The largest absolute Gasteiger partial charge is 0.465 e. The van der Waals surface area contributed by atoms with Crippen LogP contribution in [0.1, 0.15) is 29.1 Å². The zero-order valence-corrected chi connectivity index (χ0v) is 14.4. The molecule has 1 aromatic carbocycles. The number of hydrogen-bond donors (Lipinski definition) is 0. The van der Waals surface area contributed by atoms with Crippen LogP contribution in [0.2, 0.25) is 5.02 Å². The Morgan fingerprint density at radius 2 is 1.90 bits per heavy atom. The van der Waals surface area contributed by atoms with E-state index in [4.69, 9.17) is 16.3 Å². The van der Waals surface area contributed by atoms with Crippen molar-refractivity contribution in [2.75, 3.05) is 13.4 Å². The molecule has 0 bridgehead atoms. The Kier molecular flexibility index (Phi) is 4.08. The molecule has 0 N–H and O–H groups in total. The van der Waals surface area contributed by atoms with Gasteiger partial charge in [-0.3, -0.25) is 0 Å². The molecular weight excluding hydrogens is 332 g/mol. The Morgan fingerprint density at radius 1 is 1.29 bits per heavy atom. The molecule has 0 aliphatic rings. The van der Waals surface area contributed by atoms with Crippen LogP contribution in [-0.2, 0) is 19.3 Å². The molecule has 0 aliphatic heterocycles. The summed E-state index contributed by atoms with van der Waals surface area (Å²) in [6.45, 7) is 3.23. The van der Waals surface area contributed by atoms with Gasteiger partial charge in [0.25, 0.3) is 0 Å². The minimum Gasteiger partial charge on any atom is -0.465 e. The van der Waals surface area contributed by atoms with Crippen molar-refractivity contribution in [1.82, 2.24) is 0 Å². The number of benzene rings is 1. The number of thiophene rings is 1. The maximum Gasteiger partial charge on any atom is 0.348 e. The van der Waals surface area contributed by atoms with Gasteiger partial charge in [-0.05, 0) is 43.0 Å². The van der Waals surface area contributed by atoms with Gasteiger partial charge in [0.2, 0.25) is 0 Å². The van der Waals surface area contributed by atoms with E-state index < -0.39 is 20.6 Å². The average molecular weight is 347 g/mol. The minimum atomic E-state index is -3.33. The number of sulfone groups is 1. The van der Waals surface area contributed by atoms with Gasteiger partial charge < -0.3 is 4.74 Å². The van der Waals surface area contributed by atoms with Crippen LogP contribution < -0.4 is 0 Å². The van der Waals surface area contributed by atoms with Crippen LogP contribution >= 0.6 is 22.9 Å². The van der Waals surface area contributed by atoms with Crippen molar-refractivity contribution in [3.63, 3.8) is 0 Å². The molecule has 0 saturated carbocycles. The summed E-state index contributed by atoms with van der Waals surface area (Å²) in [6.07, 6.45) is 1.18. The minimum absolute atomic E-state index is 0.371. The highest BCUT2D eigenvalue weighted by atomic mass is 35.5. The van der Waals surface area contributed by atoms with Crippen LogP contribution in [0.5, 0.6) is 0 Å². The van der Waals surface area contributed by atoms with Gasteiger partial charge in [0.15, 0.2) is 9.84 Å². The fraction of sp³-hybridized carbons (Fsp3) is 0.357. The van der Waals surface area contributed by atoms with Gasteiger partial charge in [-0.2, -0.15) is 0 Å². The van der Waals surface area contributed by atoms with Gasteiger partial charge in [-0.1, -0.05) is 11.6 Å². The smallest absolute Gasteiger partial charge is 0.348 e. The Bertz CT molecular complexity index is 819. The topological polar surface area (TPSA) is 60.4 Å². The second-order valence-electron chi connectivity index (χ2n) is 5.25. The van der Waals surface area contributed by atoms with E-state index in [1.807, 2.05) is 0 Å². The zero-order chi connectivity index (χ0) is 16.0. The maximum absolute atomic E-state index is 12.0. The Hall–Kier alpha value is -1.11. The summed E-state index contributed by atoms with van der Waals surface area (Å²) in [5.74, 6) is -0.420. The van der Waals surface area contributed by atoms with Crippen molar-refractivity contribution in [3.8, 4) is 0 Å². The number of esters is 1.